The van der Waals surface area contributed by atoms with Gasteiger partial charge >= 0.3 is 0 Å². The van der Waals surface area contributed by atoms with Crippen molar-refractivity contribution in [2.24, 2.45) is 0 Å². The van der Waals surface area contributed by atoms with Crippen LogP contribution in [0.5, 0.6) is 0 Å². The summed E-state index contributed by atoms with van der Waals surface area (Å²) in [5.41, 5.74) is 2.38. The molecule has 0 atom stereocenters. The van der Waals surface area contributed by atoms with Crippen molar-refractivity contribution in [3.05, 3.63) is 28.5 Å². The van der Waals surface area contributed by atoms with Gasteiger partial charge in [0.15, 0.2) is 11.3 Å². The molecule has 1 amide bonds. The molecule has 1 saturated heterocycles. The zero-order chi connectivity index (χ0) is 19.8. The summed E-state index contributed by atoms with van der Waals surface area (Å²) in [7, 11) is -3.74. The van der Waals surface area contributed by atoms with Crippen LogP contribution in [0.2, 0.25) is 0 Å². The normalized spacial score (nSPS) is 15.5. The predicted octanol–water partition coefficient (Wildman–Crippen LogP) is 2.52. The van der Waals surface area contributed by atoms with E-state index < -0.39 is 10.0 Å². The topological polar surface area (TPSA) is 88.9 Å². The van der Waals surface area contributed by atoms with E-state index in [1.165, 1.54) is 0 Å². The third-order valence-electron chi connectivity index (χ3n) is 5.00. The molecule has 1 aromatic heterocycles. The van der Waals surface area contributed by atoms with E-state index in [2.05, 4.69) is 4.72 Å². The summed E-state index contributed by atoms with van der Waals surface area (Å²) in [4.78, 5) is 14.7. The smallest absolute Gasteiger partial charge is 0.290 e. The van der Waals surface area contributed by atoms with E-state index in [1.54, 1.807) is 18.7 Å². The number of fused-ring (bicyclic) bond motifs is 1. The van der Waals surface area contributed by atoms with Crippen molar-refractivity contribution in [2.75, 3.05) is 32.8 Å². The van der Waals surface area contributed by atoms with E-state index in [9.17, 15) is 13.2 Å². The Labute approximate surface area is 159 Å². The first-order chi connectivity index (χ1) is 12.8. The molecule has 7 nitrogen and oxygen atoms in total. The number of benzene rings is 1. The lowest BCUT2D eigenvalue weighted by molar-refractivity contribution is 0.0283. The minimum absolute atomic E-state index is 0.120. The second-order valence-corrected chi connectivity index (χ2v) is 8.59. The average Bonchev–Trinajstić information content (AvgIpc) is 2.97. The van der Waals surface area contributed by atoms with Crippen molar-refractivity contribution >= 4 is 26.9 Å². The summed E-state index contributed by atoms with van der Waals surface area (Å²) >= 11 is 0. The summed E-state index contributed by atoms with van der Waals surface area (Å²) in [5, 5.41) is 0.659. The van der Waals surface area contributed by atoms with Crippen LogP contribution in [0.25, 0.3) is 11.0 Å². The summed E-state index contributed by atoms with van der Waals surface area (Å²) in [6.45, 7) is 9.64. The van der Waals surface area contributed by atoms with Gasteiger partial charge in [-0.3, -0.25) is 4.79 Å². The Morgan fingerprint density at radius 3 is 2.48 bits per heavy atom. The maximum atomic E-state index is 12.9. The van der Waals surface area contributed by atoms with E-state index >= 15 is 0 Å². The van der Waals surface area contributed by atoms with Crippen molar-refractivity contribution in [1.29, 1.82) is 0 Å². The maximum Gasteiger partial charge on any atom is 0.290 e. The number of morpholine rings is 1. The molecule has 8 heteroatoms. The molecule has 0 radical (unpaired) electrons. The molecular weight excluding hydrogens is 368 g/mol. The number of sulfonamides is 1. The van der Waals surface area contributed by atoms with Gasteiger partial charge in [0.25, 0.3) is 5.91 Å². The number of carbonyl (C=O) groups excluding carboxylic acids is 1. The van der Waals surface area contributed by atoms with Gasteiger partial charge in [0, 0.05) is 30.6 Å². The first-order valence-corrected chi connectivity index (χ1v) is 10.7. The zero-order valence-electron chi connectivity index (χ0n) is 16.2. The van der Waals surface area contributed by atoms with E-state index in [0.29, 0.717) is 55.8 Å². The van der Waals surface area contributed by atoms with Crippen LogP contribution in [0, 0.1) is 20.8 Å². The molecule has 148 valence electrons. The number of hydrogen-bond acceptors (Lipinski definition) is 5. The fraction of sp³-hybridized carbons (Fsp3) is 0.526. The highest BCUT2D eigenvalue weighted by Crippen LogP contribution is 2.35. The van der Waals surface area contributed by atoms with Crippen LogP contribution in [-0.2, 0) is 14.8 Å². The first kappa shape index (κ1) is 19.9. The Bertz CT molecular complexity index is 972. The molecule has 0 unspecified atom stereocenters. The SMILES string of the molecule is CCCNS(=O)(=O)c1c(C)c(C)cc2c(C)c(C(=O)N3CCOCC3)oc12. The molecular formula is C19H26N2O5S. The molecule has 1 N–H and O–H groups in total. The van der Waals surface area contributed by atoms with E-state index in [-0.39, 0.29) is 22.1 Å². The minimum Gasteiger partial charge on any atom is -0.449 e. The van der Waals surface area contributed by atoms with Gasteiger partial charge in [0.2, 0.25) is 10.0 Å². The third-order valence-corrected chi connectivity index (χ3v) is 6.61. The number of aryl methyl sites for hydroxylation is 2. The van der Waals surface area contributed by atoms with Gasteiger partial charge in [-0.15, -0.1) is 0 Å². The number of nitrogens with one attached hydrogen (secondary N) is 1. The highest BCUT2D eigenvalue weighted by Gasteiger charge is 2.29. The Morgan fingerprint density at radius 2 is 1.85 bits per heavy atom. The molecule has 0 spiro atoms. The first-order valence-electron chi connectivity index (χ1n) is 9.18. The van der Waals surface area contributed by atoms with Crippen molar-refractivity contribution in [3.63, 3.8) is 0 Å². The number of hydrogen-bond donors (Lipinski definition) is 1. The lowest BCUT2D eigenvalue weighted by Crippen LogP contribution is -2.40. The summed E-state index contributed by atoms with van der Waals surface area (Å²) in [5.74, 6) is -0.0315. The fourth-order valence-corrected chi connectivity index (χ4v) is 4.87. The quantitative estimate of drug-likeness (QED) is 0.842. The van der Waals surface area contributed by atoms with Crippen LogP contribution in [0.15, 0.2) is 15.4 Å². The molecule has 3 rings (SSSR count). The van der Waals surface area contributed by atoms with Gasteiger partial charge < -0.3 is 14.1 Å². The summed E-state index contributed by atoms with van der Waals surface area (Å²) in [6.07, 6.45) is 0.686. The Hall–Kier alpha value is -1.90. The number of amides is 1. The minimum atomic E-state index is -3.74. The molecule has 1 aliphatic heterocycles. The van der Waals surface area contributed by atoms with Crippen LogP contribution in [0.3, 0.4) is 0 Å². The van der Waals surface area contributed by atoms with Gasteiger partial charge in [-0.25, -0.2) is 13.1 Å². The molecule has 1 fully saturated rings. The average molecular weight is 394 g/mol. The highest BCUT2D eigenvalue weighted by atomic mass is 32.2. The van der Waals surface area contributed by atoms with Crippen molar-refractivity contribution in [3.8, 4) is 0 Å². The second-order valence-electron chi connectivity index (χ2n) is 6.88. The Balaban J connectivity index is 2.17. The van der Waals surface area contributed by atoms with Crippen molar-refractivity contribution < 1.29 is 22.4 Å². The van der Waals surface area contributed by atoms with Crippen molar-refractivity contribution in [2.45, 2.75) is 39.0 Å². The number of carbonyl (C=O) groups is 1. The molecule has 1 aromatic carbocycles. The van der Waals surface area contributed by atoms with Gasteiger partial charge in [-0.1, -0.05) is 6.92 Å². The van der Waals surface area contributed by atoms with E-state index in [1.807, 2.05) is 19.9 Å². The molecule has 27 heavy (non-hydrogen) atoms. The second kappa shape index (κ2) is 7.61. The fourth-order valence-electron chi connectivity index (χ4n) is 3.29. The summed E-state index contributed by atoms with van der Waals surface area (Å²) in [6, 6.07) is 1.89. The number of nitrogens with zero attached hydrogens (tertiary/aromatic N) is 1. The van der Waals surface area contributed by atoms with Crippen LogP contribution in [0.1, 0.15) is 40.6 Å². The largest absolute Gasteiger partial charge is 0.449 e. The van der Waals surface area contributed by atoms with Crippen LogP contribution < -0.4 is 4.72 Å². The molecule has 0 bridgehead atoms. The number of furan rings is 1. The molecule has 0 aliphatic carbocycles. The Morgan fingerprint density at radius 1 is 1.19 bits per heavy atom. The van der Waals surface area contributed by atoms with Gasteiger partial charge in [0.05, 0.1) is 13.2 Å². The highest BCUT2D eigenvalue weighted by molar-refractivity contribution is 7.89. The molecule has 2 aromatic rings. The van der Waals surface area contributed by atoms with Gasteiger partial charge in [-0.05, 0) is 44.4 Å². The summed E-state index contributed by atoms with van der Waals surface area (Å²) < 4.78 is 39.6. The molecule has 2 heterocycles. The maximum absolute atomic E-state index is 12.9. The monoisotopic (exact) mass is 394 g/mol. The standard InChI is InChI=1S/C19H26N2O5S/c1-5-6-20-27(23,24)18-13(3)12(2)11-15-14(4)16(26-17(15)18)19(22)21-7-9-25-10-8-21/h11,20H,5-10H2,1-4H3. The van der Waals surface area contributed by atoms with E-state index in [4.69, 9.17) is 9.15 Å². The van der Waals surface area contributed by atoms with Crippen LogP contribution in [-0.4, -0.2) is 52.1 Å². The molecule has 1 aliphatic rings. The number of ether oxygens (including phenoxy) is 1. The van der Waals surface area contributed by atoms with Crippen LogP contribution >= 0.6 is 0 Å². The lowest BCUT2D eigenvalue weighted by Gasteiger charge is -2.26. The predicted molar refractivity (Wildman–Crippen MR) is 103 cm³/mol. The van der Waals surface area contributed by atoms with Gasteiger partial charge in [-0.2, -0.15) is 0 Å². The number of rotatable bonds is 5. The van der Waals surface area contributed by atoms with Crippen LogP contribution in [0.4, 0.5) is 0 Å². The third kappa shape index (κ3) is 3.61. The zero-order valence-corrected chi connectivity index (χ0v) is 17.0. The van der Waals surface area contributed by atoms with Gasteiger partial charge in [0.1, 0.15) is 4.90 Å². The lowest BCUT2D eigenvalue weighted by atomic mass is 10.0. The molecule has 0 saturated carbocycles. The Kier molecular flexibility index (Phi) is 5.60. The van der Waals surface area contributed by atoms with Crippen molar-refractivity contribution in [1.82, 2.24) is 9.62 Å². The van der Waals surface area contributed by atoms with E-state index in [0.717, 1.165) is 5.56 Å².